The summed E-state index contributed by atoms with van der Waals surface area (Å²) in [5.74, 6) is -0.397. The Bertz CT molecular complexity index is 1010. The fourth-order valence-corrected chi connectivity index (χ4v) is 2.99. The molecule has 2 rings (SSSR count). The zero-order chi connectivity index (χ0) is 23.6. The second-order valence-electron chi connectivity index (χ2n) is 8.77. The third-order valence-corrected chi connectivity index (χ3v) is 4.67. The minimum atomic E-state index is -0.796. The van der Waals surface area contributed by atoms with E-state index in [1.165, 1.54) is 0 Å². The van der Waals surface area contributed by atoms with Gasteiger partial charge in [0.15, 0.2) is 0 Å². The maximum absolute atomic E-state index is 10.9. The number of rotatable bonds is 8. The summed E-state index contributed by atoms with van der Waals surface area (Å²) < 4.78 is 0. The molecule has 7 nitrogen and oxygen atoms in total. The van der Waals surface area contributed by atoms with Gasteiger partial charge in [-0.2, -0.15) is 5.26 Å². The number of benzene rings is 1. The highest BCUT2D eigenvalue weighted by molar-refractivity contribution is 5.95. The molecule has 0 aliphatic rings. The van der Waals surface area contributed by atoms with Gasteiger partial charge >= 0.3 is 5.97 Å². The number of anilines is 1. The van der Waals surface area contributed by atoms with Gasteiger partial charge in [-0.05, 0) is 54.0 Å². The molecule has 168 valence electrons. The van der Waals surface area contributed by atoms with Crippen molar-refractivity contribution in [1.29, 1.82) is 5.26 Å². The smallest absolute Gasteiger partial charge is 0.303 e. The molecule has 0 amide bonds. The van der Waals surface area contributed by atoms with Crippen LogP contribution in [0.5, 0.6) is 0 Å². The molecular formula is C25H31N5O2. The van der Waals surface area contributed by atoms with Crippen molar-refractivity contribution in [3.05, 3.63) is 65.5 Å². The number of pyridine rings is 1. The fourth-order valence-electron chi connectivity index (χ4n) is 2.99. The third-order valence-electron chi connectivity index (χ3n) is 4.67. The predicted octanol–water partition coefficient (Wildman–Crippen LogP) is 4.96. The van der Waals surface area contributed by atoms with E-state index < -0.39 is 5.97 Å². The Balaban J connectivity index is 2.35. The van der Waals surface area contributed by atoms with Gasteiger partial charge in [0.1, 0.15) is 0 Å². The molecule has 1 aromatic heterocycles. The van der Waals surface area contributed by atoms with Crippen LogP contribution >= 0.6 is 0 Å². The highest BCUT2D eigenvalue weighted by Gasteiger charge is 2.13. The lowest BCUT2D eigenvalue weighted by atomic mass is 9.96. The summed E-state index contributed by atoms with van der Waals surface area (Å²) in [6.07, 6.45) is 8.75. The first-order valence-electron chi connectivity index (χ1n) is 10.6. The number of carbonyl (C=O) groups is 1. The number of nitriles is 1. The molecular weight excluding hydrogens is 402 g/mol. The molecule has 0 aliphatic carbocycles. The molecule has 32 heavy (non-hydrogen) atoms. The topological polar surface area (TPSA) is 110 Å². The molecule has 1 aromatic carbocycles. The summed E-state index contributed by atoms with van der Waals surface area (Å²) in [6, 6.07) is 9.91. The van der Waals surface area contributed by atoms with Gasteiger partial charge in [-0.3, -0.25) is 9.78 Å². The number of carboxylic acids is 1. The second-order valence-corrected chi connectivity index (χ2v) is 8.77. The van der Waals surface area contributed by atoms with Gasteiger partial charge in [-0.1, -0.05) is 45.0 Å². The van der Waals surface area contributed by atoms with Crippen molar-refractivity contribution in [1.82, 2.24) is 10.3 Å². The van der Waals surface area contributed by atoms with E-state index in [1.807, 2.05) is 43.4 Å². The highest BCUT2D eigenvalue weighted by atomic mass is 16.4. The van der Waals surface area contributed by atoms with E-state index in [4.69, 9.17) is 10.4 Å². The number of aryl methyl sites for hydroxylation is 1. The summed E-state index contributed by atoms with van der Waals surface area (Å²) in [4.78, 5) is 19.0. The van der Waals surface area contributed by atoms with Gasteiger partial charge in [0.2, 0.25) is 12.2 Å². The van der Waals surface area contributed by atoms with Crippen LogP contribution in [0.2, 0.25) is 0 Å². The molecule has 1 heterocycles. The maximum atomic E-state index is 10.9. The van der Waals surface area contributed by atoms with Crippen LogP contribution in [0.3, 0.4) is 0 Å². The Kier molecular flexibility index (Phi) is 8.96. The molecule has 0 atom stereocenters. The summed E-state index contributed by atoms with van der Waals surface area (Å²) in [5, 5.41) is 24.5. The van der Waals surface area contributed by atoms with Gasteiger partial charge in [-0.15, -0.1) is 4.99 Å². The van der Waals surface area contributed by atoms with E-state index in [-0.39, 0.29) is 11.8 Å². The number of carboxylic acid groups (broad SMARTS) is 1. The third kappa shape index (κ3) is 8.23. The quantitative estimate of drug-likeness (QED) is 0.235. The van der Waals surface area contributed by atoms with Crippen LogP contribution in [0.15, 0.2) is 53.8 Å². The van der Waals surface area contributed by atoms with Crippen molar-refractivity contribution < 1.29 is 9.90 Å². The first kappa shape index (κ1) is 24.6. The van der Waals surface area contributed by atoms with Gasteiger partial charge in [0.25, 0.3) is 0 Å². The number of aliphatic carboxylic acids is 1. The van der Waals surface area contributed by atoms with E-state index in [2.05, 4.69) is 47.5 Å². The first-order chi connectivity index (χ1) is 15.2. The Morgan fingerprint density at radius 2 is 2.06 bits per heavy atom. The van der Waals surface area contributed by atoms with E-state index in [0.717, 1.165) is 28.0 Å². The summed E-state index contributed by atoms with van der Waals surface area (Å²) in [5.41, 5.74) is 4.77. The van der Waals surface area contributed by atoms with Crippen LogP contribution < -0.4 is 10.6 Å². The molecule has 0 fully saturated rings. The molecule has 7 heteroatoms. The first-order valence-corrected chi connectivity index (χ1v) is 10.6. The predicted molar refractivity (Wildman–Crippen MR) is 128 cm³/mol. The van der Waals surface area contributed by atoms with E-state index in [9.17, 15) is 4.79 Å². The zero-order valence-corrected chi connectivity index (χ0v) is 19.1. The number of unbranched alkanes of at least 4 members (excludes halogenated alkanes) is 1. The lowest BCUT2D eigenvalue weighted by molar-refractivity contribution is -0.137. The lowest BCUT2D eigenvalue weighted by Gasteiger charge is -2.21. The van der Waals surface area contributed by atoms with Gasteiger partial charge < -0.3 is 15.7 Å². The van der Waals surface area contributed by atoms with Crippen molar-refractivity contribution >= 4 is 23.2 Å². The average molecular weight is 434 g/mol. The fraction of sp³-hybridized carbons (Fsp3) is 0.360. The lowest BCUT2D eigenvalue weighted by Crippen LogP contribution is -2.36. The summed E-state index contributed by atoms with van der Waals surface area (Å²) in [7, 11) is 0. The van der Waals surface area contributed by atoms with Crippen molar-refractivity contribution in [2.75, 3.05) is 11.9 Å². The molecule has 0 unspecified atom stereocenters. The number of allylic oxidation sites excluding steroid dienone is 1. The SMILES string of the molecule is Cc1ccc(C(=CCCCC(=O)O)c2cccnc2)cc1NC(=NC#N)NCC(C)(C)C. The minimum Gasteiger partial charge on any atom is -0.481 e. The maximum Gasteiger partial charge on any atom is 0.303 e. The molecule has 0 bridgehead atoms. The van der Waals surface area contributed by atoms with Gasteiger partial charge in [-0.25, -0.2) is 0 Å². The van der Waals surface area contributed by atoms with Crippen LogP contribution in [0.25, 0.3) is 5.57 Å². The number of nitrogens with one attached hydrogen (secondary N) is 2. The van der Waals surface area contributed by atoms with Crippen LogP contribution in [-0.4, -0.2) is 28.6 Å². The Morgan fingerprint density at radius 1 is 1.28 bits per heavy atom. The number of aromatic nitrogens is 1. The Morgan fingerprint density at radius 3 is 2.69 bits per heavy atom. The van der Waals surface area contributed by atoms with Crippen LogP contribution in [0, 0.1) is 23.8 Å². The van der Waals surface area contributed by atoms with Gasteiger partial charge in [0.05, 0.1) is 0 Å². The summed E-state index contributed by atoms with van der Waals surface area (Å²) in [6.45, 7) is 8.95. The normalized spacial score (nSPS) is 12.2. The molecule has 0 aliphatic heterocycles. The molecule has 0 radical (unpaired) electrons. The van der Waals surface area contributed by atoms with Crippen molar-refractivity contribution in [3.63, 3.8) is 0 Å². The summed E-state index contributed by atoms with van der Waals surface area (Å²) >= 11 is 0. The Labute approximate surface area is 189 Å². The molecule has 0 saturated heterocycles. The molecule has 0 spiro atoms. The van der Waals surface area contributed by atoms with Crippen molar-refractivity contribution in [2.24, 2.45) is 10.4 Å². The van der Waals surface area contributed by atoms with E-state index in [1.54, 1.807) is 12.4 Å². The standard InChI is InChI=1S/C25H31N5O2/c1-18-11-12-19(14-22(18)30-24(29-17-26)28-16-25(2,3)4)21(9-5-6-10-23(31)32)20-8-7-13-27-15-20/h7-9,11-15H,5-6,10,16H2,1-4H3,(H,31,32)(H2,28,29,30). The number of guanidine groups is 1. The highest BCUT2D eigenvalue weighted by Crippen LogP contribution is 2.28. The van der Waals surface area contributed by atoms with Crippen molar-refractivity contribution in [2.45, 2.75) is 47.0 Å². The van der Waals surface area contributed by atoms with Gasteiger partial charge in [0, 0.05) is 36.6 Å². The zero-order valence-electron chi connectivity index (χ0n) is 19.1. The van der Waals surface area contributed by atoms with Crippen LogP contribution in [0.4, 0.5) is 5.69 Å². The monoisotopic (exact) mass is 433 g/mol. The Hall–Kier alpha value is -3.66. The minimum absolute atomic E-state index is 0.0287. The number of aliphatic imine (C=N–C) groups is 1. The number of hydrogen-bond donors (Lipinski definition) is 3. The van der Waals surface area contributed by atoms with Crippen LogP contribution in [-0.2, 0) is 4.79 Å². The van der Waals surface area contributed by atoms with E-state index >= 15 is 0 Å². The number of hydrogen-bond acceptors (Lipinski definition) is 4. The van der Waals surface area contributed by atoms with E-state index in [0.29, 0.717) is 25.3 Å². The van der Waals surface area contributed by atoms with Crippen molar-refractivity contribution in [3.8, 4) is 6.19 Å². The molecule has 0 saturated carbocycles. The average Bonchev–Trinajstić information content (AvgIpc) is 2.74. The molecule has 2 aromatic rings. The van der Waals surface area contributed by atoms with Crippen LogP contribution in [0.1, 0.15) is 56.7 Å². The number of nitrogens with zero attached hydrogens (tertiary/aromatic N) is 3. The second kappa shape index (κ2) is 11.7. The largest absolute Gasteiger partial charge is 0.481 e. The molecule has 3 N–H and O–H groups in total.